The molecule has 1 aromatic carbocycles. The van der Waals surface area contributed by atoms with Crippen LogP contribution in [0.25, 0.3) is 0 Å². The zero-order chi connectivity index (χ0) is 12.4. The summed E-state index contributed by atoms with van der Waals surface area (Å²) in [7, 11) is 0. The molecule has 2 N–H and O–H groups in total. The van der Waals surface area contributed by atoms with Gasteiger partial charge in [0.25, 0.3) is 0 Å². The fraction of sp³-hybridized carbons (Fsp3) is 0.500. The van der Waals surface area contributed by atoms with Crippen LogP contribution in [-0.4, -0.2) is 18.9 Å². The third-order valence-electron chi connectivity index (χ3n) is 3.38. The summed E-state index contributed by atoms with van der Waals surface area (Å²) < 4.78 is 5.56. The number of fused-ring (bicyclic) bond motifs is 1. The van der Waals surface area contributed by atoms with Crippen LogP contribution in [0.3, 0.4) is 0 Å². The second-order valence-electron chi connectivity index (χ2n) is 4.84. The first-order valence-electron chi connectivity index (χ1n) is 6.14. The summed E-state index contributed by atoms with van der Waals surface area (Å²) in [6.07, 6.45) is 0.894. The molecule has 0 aromatic heterocycles. The summed E-state index contributed by atoms with van der Waals surface area (Å²) in [4.78, 5) is 12.4. The molecular weight excluding hydrogens is 214 g/mol. The van der Waals surface area contributed by atoms with Gasteiger partial charge in [-0.2, -0.15) is 0 Å². The molecule has 1 aromatic rings. The van der Waals surface area contributed by atoms with Gasteiger partial charge >= 0.3 is 0 Å². The van der Waals surface area contributed by atoms with Crippen LogP contribution in [0.1, 0.15) is 29.8 Å². The van der Waals surface area contributed by atoms with Gasteiger partial charge in [0.1, 0.15) is 5.75 Å². The number of ketones is 1. The van der Waals surface area contributed by atoms with Crippen molar-refractivity contribution in [2.75, 3.05) is 13.2 Å². The van der Waals surface area contributed by atoms with Gasteiger partial charge in [0.05, 0.1) is 12.2 Å². The Morgan fingerprint density at radius 2 is 2.24 bits per heavy atom. The molecule has 0 saturated carbocycles. The quantitative estimate of drug-likeness (QED) is 0.810. The first kappa shape index (κ1) is 12.1. The number of nitrogens with two attached hydrogens (primary N) is 1. The number of Topliss-reactive ketones (excluding diaryl/α,β-unsaturated/α-hetero) is 1. The van der Waals surface area contributed by atoms with E-state index in [2.05, 4.69) is 0 Å². The zero-order valence-electron chi connectivity index (χ0n) is 10.4. The minimum Gasteiger partial charge on any atom is -0.492 e. The molecule has 1 aliphatic heterocycles. The molecule has 1 heterocycles. The van der Waals surface area contributed by atoms with Crippen LogP contribution in [0.2, 0.25) is 0 Å². The van der Waals surface area contributed by atoms with Crippen molar-refractivity contribution in [1.82, 2.24) is 0 Å². The van der Waals surface area contributed by atoms with E-state index in [0.717, 1.165) is 17.7 Å². The molecule has 1 unspecified atom stereocenters. The Hall–Kier alpha value is -1.35. The molecule has 1 atom stereocenters. The maximum atomic E-state index is 12.4. The molecular formula is C14H19NO2. The number of hydrogen-bond donors (Lipinski definition) is 1. The lowest BCUT2D eigenvalue weighted by Gasteiger charge is -2.18. The van der Waals surface area contributed by atoms with E-state index >= 15 is 0 Å². The van der Waals surface area contributed by atoms with Crippen LogP contribution in [-0.2, 0) is 6.42 Å². The van der Waals surface area contributed by atoms with Crippen LogP contribution in [0.4, 0.5) is 0 Å². The van der Waals surface area contributed by atoms with Crippen LogP contribution in [0, 0.1) is 11.8 Å². The van der Waals surface area contributed by atoms with Crippen molar-refractivity contribution in [3.05, 3.63) is 29.3 Å². The Labute approximate surface area is 102 Å². The molecule has 0 radical (unpaired) electrons. The van der Waals surface area contributed by atoms with Crippen molar-refractivity contribution in [3.8, 4) is 5.75 Å². The third-order valence-corrected chi connectivity index (χ3v) is 3.38. The highest BCUT2D eigenvalue weighted by atomic mass is 16.5. The summed E-state index contributed by atoms with van der Waals surface area (Å²) in [5, 5.41) is 0. The van der Waals surface area contributed by atoms with Crippen LogP contribution >= 0.6 is 0 Å². The van der Waals surface area contributed by atoms with E-state index in [1.807, 2.05) is 32.0 Å². The summed E-state index contributed by atoms with van der Waals surface area (Å²) in [6.45, 7) is 5.12. The lowest BCUT2D eigenvalue weighted by molar-refractivity contribution is 0.0889. The highest BCUT2D eigenvalue weighted by molar-refractivity contribution is 6.01. The minimum atomic E-state index is -0.120. The Morgan fingerprint density at radius 3 is 2.88 bits per heavy atom. The van der Waals surface area contributed by atoms with Crippen molar-refractivity contribution < 1.29 is 9.53 Å². The van der Waals surface area contributed by atoms with Gasteiger partial charge in [-0.25, -0.2) is 0 Å². The third kappa shape index (κ3) is 2.20. The maximum Gasteiger partial charge on any atom is 0.171 e. The summed E-state index contributed by atoms with van der Waals surface area (Å²) in [5.74, 6) is 1.02. The number of benzene rings is 1. The summed E-state index contributed by atoms with van der Waals surface area (Å²) in [6, 6.07) is 5.79. The van der Waals surface area contributed by atoms with Crippen molar-refractivity contribution in [2.45, 2.75) is 20.3 Å². The number of hydrogen-bond acceptors (Lipinski definition) is 3. The average Bonchev–Trinajstić information content (AvgIpc) is 2.76. The maximum absolute atomic E-state index is 12.4. The second kappa shape index (κ2) is 4.88. The van der Waals surface area contributed by atoms with Gasteiger partial charge < -0.3 is 10.5 Å². The second-order valence-corrected chi connectivity index (χ2v) is 4.84. The average molecular weight is 233 g/mol. The summed E-state index contributed by atoms with van der Waals surface area (Å²) >= 11 is 0. The Bertz CT molecular complexity index is 426. The molecule has 2 rings (SSSR count). The zero-order valence-corrected chi connectivity index (χ0v) is 10.4. The Morgan fingerprint density at radius 1 is 1.47 bits per heavy atom. The molecule has 0 fully saturated rings. The van der Waals surface area contributed by atoms with Gasteiger partial charge in [-0.05, 0) is 17.5 Å². The number of carbonyl (C=O) groups excluding carboxylic acids is 1. The Balaban J connectivity index is 2.34. The van der Waals surface area contributed by atoms with Crippen molar-refractivity contribution >= 4 is 5.78 Å². The van der Waals surface area contributed by atoms with Gasteiger partial charge in [0, 0.05) is 18.9 Å². The molecule has 17 heavy (non-hydrogen) atoms. The first-order chi connectivity index (χ1) is 8.15. The van der Waals surface area contributed by atoms with E-state index in [9.17, 15) is 4.79 Å². The van der Waals surface area contributed by atoms with Gasteiger partial charge in [-0.15, -0.1) is 0 Å². The first-order valence-corrected chi connectivity index (χ1v) is 6.14. The van der Waals surface area contributed by atoms with E-state index in [0.29, 0.717) is 18.7 Å². The topological polar surface area (TPSA) is 52.3 Å². The van der Waals surface area contributed by atoms with Gasteiger partial charge in [0.15, 0.2) is 5.78 Å². The number of carbonyl (C=O) groups is 1. The van der Waals surface area contributed by atoms with E-state index in [1.165, 1.54) is 0 Å². The molecule has 3 heteroatoms. The monoisotopic (exact) mass is 233 g/mol. The minimum absolute atomic E-state index is 0.112. The van der Waals surface area contributed by atoms with Crippen molar-refractivity contribution in [3.63, 3.8) is 0 Å². The summed E-state index contributed by atoms with van der Waals surface area (Å²) in [5.41, 5.74) is 7.53. The number of rotatable bonds is 4. The van der Waals surface area contributed by atoms with E-state index in [-0.39, 0.29) is 17.6 Å². The molecule has 0 amide bonds. The van der Waals surface area contributed by atoms with E-state index in [1.54, 1.807) is 0 Å². The highest BCUT2D eigenvalue weighted by Crippen LogP contribution is 2.32. The van der Waals surface area contributed by atoms with Crippen LogP contribution in [0.15, 0.2) is 18.2 Å². The van der Waals surface area contributed by atoms with Gasteiger partial charge in [-0.1, -0.05) is 26.0 Å². The van der Waals surface area contributed by atoms with E-state index < -0.39 is 0 Å². The highest BCUT2D eigenvalue weighted by Gasteiger charge is 2.27. The molecule has 0 saturated heterocycles. The standard InChI is InChI=1S/C14H19NO2/c1-9(2)12(8-15)13(16)11-5-3-4-10-6-7-17-14(10)11/h3-5,9,12H,6-8,15H2,1-2H3. The molecule has 0 aliphatic carbocycles. The fourth-order valence-electron chi connectivity index (χ4n) is 2.29. The molecule has 0 spiro atoms. The normalized spacial score (nSPS) is 15.5. The molecule has 3 nitrogen and oxygen atoms in total. The van der Waals surface area contributed by atoms with Crippen molar-refractivity contribution in [2.24, 2.45) is 17.6 Å². The Kier molecular flexibility index (Phi) is 3.48. The predicted octanol–water partition coefficient (Wildman–Crippen LogP) is 2.04. The number of para-hydroxylation sites is 1. The van der Waals surface area contributed by atoms with E-state index in [4.69, 9.17) is 10.5 Å². The van der Waals surface area contributed by atoms with Crippen LogP contribution in [0.5, 0.6) is 5.75 Å². The lowest BCUT2D eigenvalue weighted by atomic mass is 9.87. The molecule has 0 bridgehead atoms. The molecule has 1 aliphatic rings. The van der Waals surface area contributed by atoms with Crippen molar-refractivity contribution in [1.29, 1.82) is 0 Å². The molecule has 92 valence electrons. The number of ether oxygens (including phenoxy) is 1. The smallest absolute Gasteiger partial charge is 0.171 e. The SMILES string of the molecule is CC(C)C(CN)C(=O)c1cccc2c1OCC2. The van der Waals surface area contributed by atoms with Gasteiger partial charge in [0.2, 0.25) is 0 Å². The fourth-order valence-corrected chi connectivity index (χ4v) is 2.29. The van der Waals surface area contributed by atoms with Gasteiger partial charge in [-0.3, -0.25) is 4.79 Å². The largest absolute Gasteiger partial charge is 0.492 e. The van der Waals surface area contributed by atoms with Crippen LogP contribution < -0.4 is 10.5 Å². The predicted molar refractivity (Wildman–Crippen MR) is 67.4 cm³/mol. The lowest BCUT2D eigenvalue weighted by Crippen LogP contribution is -2.28.